The number of thiophene rings is 1. The lowest BCUT2D eigenvalue weighted by atomic mass is 10.2. The molecule has 2 aromatic heterocycles. The van der Waals surface area contributed by atoms with Crippen molar-refractivity contribution in [2.75, 3.05) is 11.9 Å². The SMILES string of the molecule is CCOC(=O)c1cccc(NC(=O)Cc2coc(-c3cccs3)n2)c1. The lowest BCUT2D eigenvalue weighted by Gasteiger charge is -2.06. The molecule has 25 heavy (non-hydrogen) atoms. The van der Waals surface area contributed by atoms with Gasteiger partial charge in [0.25, 0.3) is 0 Å². The number of aromatic nitrogens is 1. The summed E-state index contributed by atoms with van der Waals surface area (Å²) in [4.78, 5) is 29.1. The van der Waals surface area contributed by atoms with Gasteiger partial charge in [0.05, 0.1) is 29.2 Å². The molecule has 1 aromatic carbocycles. The summed E-state index contributed by atoms with van der Waals surface area (Å²) >= 11 is 1.52. The second-order valence-electron chi connectivity index (χ2n) is 5.15. The van der Waals surface area contributed by atoms with E-state index in [0.717, 1.165) is 4.88 Å². The number of hydrogen-bond acceptors (Lipinski definition) is 6. The van der Waals surface area contributed by atoms with Gasteiger partial charge in [-0.3, -0.25) is 4.79 Å². The first kappa shape index (κ1) is 16.9. The number of nitrogens with one attached hydrogen (secondary N) is 1. The van der Waals surface area contributed by atoms with Gasteiger partial charge in [0.2, 0.25) is 11.8 Å². The van der Waals surface area contributed by atoms with E-state index in [1.165, 1.54) is 17.6 Å². The maximum Gasteiger partial charge on any atom is 0.338 e. The Labute approximate surface area is 148 Å². The van der Waals surface area contributed by atoms with Crippen molar-refractivity contribution in [2.45, 2.75) is 13.3 Å². The van der Waals surface area contributed by atoms with Gasteiger partial charge in [-0.05, 0) is 36.6 Å². The second-order valence-corrected chi connectivity index (χ2v) is 6.10. The third-order valence-electron chi connectivity index (χ3n) is 3.28. The minimum Gasteiger partial charge on any atom is -0.462 e. The summed E-state index contributed by atoms with van der Waals surface area (Å²) in [5.74, 6) is -0.162. The molecule has 128 valence electrons. The van der Waals surface area contributed by atoms with Crippen LogP contribution in [-0.4, -0.2) is 23.5 Å². The fourth-order valence-electron chi connectivity index (χ4n) is 2.21. The highest BCUT2D eigenvalue weighted by molar-refractivity contribution is 7.13. The Hall–Kier alpha value is -2.93. The lowest BCUT2D eigenvalue weighted by Crippen LogP contribution is -2.15. The molecule has 0 unspecified atom stereocenters. The van der Waals surface area contributed by atoms with Crippen molar-refractivity contribution in [1.29, 1.82) is 0 Å². The van der Waals surface area contributed by atoms with Crippen molar-refractivity contribution in [2.24, 2.45) is 0 Å². The van der Waals surface area contributed by atoms with Crippen molar-refractivity contribution >= 4 is 28.9 Å². The van der Waals surface area contributed by atoms with Gasteiger partial charge < -0.3 is 14.5 Å². The van der Waals surface area contributed by atoms with Crippen LogP contribution in [0.5, 0.6) is 0 Å². The largest absolute Gasteiger partial charge is 0.462 e. The first-order chi connectivity index (χ1) is 12.2. The highest BCUT2D eigenvalue weighted by atomic mass is 32.1. The molecule has 0 spiro atoms. The van der Waals surface area contributed by atoms with Crippen molar-refractivity contribution in [3.05, 3.63) is 59.3 Å². The summed E-state index contributed by atoms with van der Waals surface area (Å²) in [5, 5.41) is 4.68. The average Bonchev–Trinajstić information content (AvgIpc) is 3.26. The van der Waals surface area contributed by atoms with Crippen molar-refractivity contribution < 1.29 is 18.7 Å². The summed E-state index contributed by atoms with van der Waals surface area (Å²) in [6, 6.07) is 10.4. The number of anilines is 1. The van der Waals surface area contributed by atoms with E-state index in [1.807, 2.05) is 17.5 Å². The molecule has 0 saturated carbocycles. The van der Waals surface area contributed by atoms with Gasteiger partial charge >= 0.3 is 5.97 Å². The van der Waals surface area contributed by atoms with Crippen LogP contribution < -0.4 is 5.32 Å². The summed E-state index contributed by atoms with van der Waals surface area (Å²) in [6.45, 7) is 2.04. The zero-order valence-corrected chi connectivity index (χ0v) is 14.3. The second kappa shape index (κ2) is 7.76. The third-order valence-corrected chi connectivity index (χ3v) is 4.14. The van der Waals surface area contributed by atoms with E-state index >= 15 is 0 Å². The highest BCUT2D eigenvalue weighted by Gasteiger charge is 2.12. The van der Waals surface area contributed by atoms with E-state index in [1.54, 1.807) is 31.2 Å². The van der Waals surface area contributed by atoms with Crippen molar-refractivity contribution in [3.63, 3.8) is 0 Å². The summed E-state index contributed by atoms with van der Waals surface area (Å²) in [6.07, 6.45) is 1.56. The molecule has 3 aromatic rings. The number of carbonyl (C=O) groups excluding carboxylic acids is 2. The van der Waals surface area contributed by atoms with Crippen LogP contribution in [-0.2, 0) is 16.0 Å². The first-order valence-corrected chi connectivity index (χ1v) is 8.59. The Balaban J connectivity index is 1.63. The summed E-state index contributed by atoms with van der Waals surface area (Å²) in [5.41, 5.74) is 1.46. The predicted molar refractivity (Wildman–Crippen MR) is 94.5 cm³/mol. The smallest absolute Gasteiger partial charge is 0.338 e. The Morgan fingerprint density at radius 2 is 2.16 bits per heavy atom. The molecule has 6 nitrogen and oxygen atoms in total. The number of amides is 1. The van der Waals surface area contributed by atoms with E-state index in [2.05, 4.69) is 10.3 Å². The normalized spacial score (nSPS) is 10.4. The fourth-order valence-corrected chi connectivity index (χ4v) is 2.87. The number of rotatable bonds is 6. The van der Waals surface area contributed by atoms with Gasteiger partial charge in [0.15, 0.2) is 0 Å². The number of ether oxygens (including phenoxy) is 1. The molecule has 3 rings (SSSR count). The maximum atomic E-state index is 12.2. The number of nitrogens with zero attached hydrogens (tertiary/aromatic N) is 1. The minimum absolute atomic E-state index is 0.0819. The molecule has 2 heterocycles. The van der Waals surface area contributed by atoms with Gasteiger partial charge in [0, 0.05) is 5.69 Å². The first-order valence-electron chi connectivity index (χ1n) is 7.71. The van der Waals surface area contributed by atoms with E-state index < -0.39 is 5.97 Å². The van der Waals surface area contributed by atoms with Crippen LogP contribution in [0.3, 0.4) is 0 Å². The van der Waals surface area contributed by atoms with Crippen molar-refractivity contribution in [1.82, 2.24) is 4.98 Å². The van der Waals surface area contributed by atoms with Crippen LogP contribution in [0.2, 0.25) is 0 Å². The average molecular weight is 356 g/mol. The van der Waals surface area contributed by atoms with Gasteiger partial charge in [0.1, 0.15) is 6.26 Å². The van der Waals surface area contributed by atoms with Crippen LogP contribution >= 0.6 is 11.3 Å². The van der Waals surface area contributed by atoms with E-state index in [9.17, 15) is 9.59 Å². The van der Waals surface area contributed by atoms with Crippen LogP contribution in [0.15, 0.2) is 52.5 Å². The van der Waals surface area contributed by atoms with Gasteiger partial charge in [-0.2, -0.15) is 0 Å². The summed E-state index contributed by atoms with van der Waals surface area (Å²) in [7, 11) is 0. The van der Waals surface area contributed by atoms with Gasteiger partial charge in [-0.25, -0.2) is 9.78 Å². The molecule has 0 aliphatic heterocycles. The number of esters is 1. The van der Waals surface area contributed by atoms with E-state index in [-0.39, 0.29) is 12.3 Å². The molecular weight excluding hydrogens is 340 g/mol. The van der Waals surface area contributed by atoms with Crippen LogP contribution in [0.1, 0.15) is 23.0 Å². The molecule has 7 heteroatoms. The predicted octanol–water partition coefficient (Wildman–Crippen LogP) is 3.76. The topological polar surface area (TPSA) is 81.4 Å². The minimum atomic E-state index is -0.421. The number of oxazole rings is 1. The van der Waals surface area contributed by atoms with Crippen LogP contribution in [0.25, 0.3) is 10.8 Å². The van der Waals surface area contributed by atoms with Crippen LogP contribution in [0.4, 0.5) is 5.69 Å². The molecule has 0 aliphatic carbocycles. The standard InChI is InChI=1S/C18H16N2O4S/c1-2-23-18(22)12-5-3-6-13(9-12)19-16(21)10-14-11-24-17(20-14)15-7-4-8-25-15/h3-9,11H,2,10H2,1H3,(H,19,21). The number of carbonyl (C=O) groups is 2. The third kappa shape index (κ3) is 4.33. The molecule has 1 amide bonds. The molecule has 1 N–H and O–H groups in total. The fraction of sp³-hybridized carbons (Fsp3) is 0.167. The maximum absolute atomic E-state index is 12.2. The summed E-state index contributed by atoms with van der Waals surface area (Å²) < 4.78 is 10.3. The molecular formula is C18H16N2O4S. The lowest BCUT2D eigenvalue weighted by molar-refractivity contribution is -0.115. The number of hydrogen-bond donors (Lipinski definition) is 1. The van der Waals surface area contributed by atoms with E-state index in [4.69, 9.17) is 9.15 Å². The van der Waals surface area contributed by atoms with E-state index in [0.29, 0.717) is 29.4 Å². The zero-order chi connectivity index (χ0) is 17.6. The Morgan fingerprint density at radius 1 is 1.28 bits per heavy atom. The zero-order valence-electron chi connectivity index (χ0n) is 13.5. The Morgan fingerprint density at radius 3 is 2.92 bits per heavy atom. The Bertz CT molecular complexity index is 871. The Kier molecular flexibility index (Phi) is 5.25. The van der Waals surface area contributed by atoms with Gasteiger partial charge in [-0.1, -0.05) is 12.1 Å². The monoisotopic (exact) mass is 356 g/mol. The molecule has 0 atom stereocenters. The van der Waals surface area contributed by atoms with Gasteiger partial charge in [-0.15, -0.1) is 11.3 Å². The molecule has 0 bridgehead atoms. The molecule has 0 saturated heterocycles. The van der Waals surface area contributed by atoms with Crippen LogP contribution in [0, 0.1) is 0 Å². The molecule has 0 radical (unpaired) electrons. The van der Waals surface area contributed by atoms with Crippen molar-refractivity contribution in [3.8, 4) is 10.8 Å². The molecule has 0 aliphatic rings. The number of benzene rings is 1. The highest BCUT2D eigenvalue weighted by Crippen LogP contribution is 2.23. The molecule has 0 fully saturated rings. The quantitative estimate of drug-likeness (QED) is 0.680.